The fourth-order valence-corrected chi connectivity index (χ4v) is 4.36. The number of amides is 1. The summed E-state index contributed by atoms with van der Waals surface area (Å²) < 4.78 is 16.5. The monoisotopic (exact) mass is 443 g/mol. The molecule has 0 aliphatic carbocycles. The maximum atomic E-state index is 12.5. The maximum Gasteiger partial charge on any atom is 0.324 e. The van der Waals surface area contributed by atoms with E-state index in [9.17, 15) is 4.79 Å². The molecular weight excluding hydrogens is 410 g/mol. The zero-order valence-electron chi connectivity index (χ0n) is 19.0. The Labute approximate surface area is 189 Å². The van der Waals surface area contributed by atoms with Crippen molar-refractivity contribution in [3.05, 3.63) is 18.2 Å². The third kappa shape index (κ3) is 5.32. The van der Waals surface area contributed by atoms with Crippen molar-refractivity contribution in [3.63, 3.8) is 0 Å². The summed E-state index contributed by atoms with van der Waals surface area (Å²) in [6, 6.07) is 6.07. The second-order valence-electron chi connectivity index (χ2n) is 8.30. The van der Waals surface area contributed by atoms with E-state index in [1.807, 2.05) is 25.1 Å². The second-order valence-corrected chi connectivity index (χ2v) is 8.30. The quantitative estimate of drug-likeness (QED) is 0.632. The molecule has 1 amide bonds. The lowest BCUT2D eigenvalue weighted by atomic mass is 9.96. The first-order valence-electron chi connectivity index (χ1n) is 11.6. The molecule has 0 saturated carbocycles. The number of nitrogens with one attached hydrogen (secondary N) is 1. The largest absolute Gasteiger partial charge is 0.493 e. The zero-order valence-corrected chi connectivity index (χ0v) is 19.0. The number of carbonyl (C=O) groups is 1. The Balaban J connectivity index is 1.28. The molecule has 3 heterocycles. The molecule has 2 aliphatic heterocycles. The van der Waals surface area contributed by atoms with E-state index in [1.165, 1.54) is 12.8 Å². The number of ether oxygens (including phenoxy) is 2. The summed E-state index contributed by atoms with van der Waals surface area (Å²) in [4.78, 5) is 21.5. The van der Waals surface area contributed by atoms with Crippen LogP contribution in [0.4, 0.5) is 6.01 Å². The lowest BCUT2D eigenvalue weighted by molar-refractivity contribution is -0.125. The van der Waals surface area contributed by atoms with Crippen LogP contribution in [0.25, 0.3) is 11.4 Å². The minimum atomic E-state index is 0.0441. The summed E-state index contributed by atoms with van der Waals surface area (Å²) in [5, 5.41) is 7.25. The molecule has 0 atom stereocenters. The van der Waals surface area contributed by atoms with E-state index < -0.39 is 0 Å². The molecule has 9 nitrogen and oxygen atoms in total. The van der Waals surface area contributed by atoms with E-state index in [-0.39, 0.29) is 11.8 Å². The molecule has 0 spiro atoms. The number of likely N-dealkylation sites (tertiary alicyclic amines) is 1. The van der Waals surface area contributed by atoms with Crippen molar-refractivity contribution < 1.29 is 18.8 Å². The van der Waals surface area contributed by atoms with Crippen LogP contribution >= 0.6 is 0 Å². The third-order valence-electron chi connectivity index (χ3n) is 6.20. The Bertz CT molecular complexity index is 888. The minimum Gasteiger partial charge on any atom is -0.493 e. The normalized spacial score (nSPS) is 17.5. The number of rotatable bonds is 9. The standard InChI is InChI=1S/C23H33N5O4/c1-3-31-19-7-6-18(16-20(19)30-2)21-25-23(32-26-21)28-13-8-17(9-14-28)22(29)24-10-15-27-11-4-5-12-27/h6-7,16-17H,3-5,8-15H2,1-2H3,(H,24,29). The first-order valence-corrected chi connectivity index (χ1v) is 11.6. The first-order chi connectivity index (χ1) is 15.7. The lowest BCUT2D eigenvalue weighted by Gasteiger charge is -2.29. The van der Waals surface area contributed by atoms with Gasteiger partial charge >= 0.3 is 6.01 Å². The topological polar surface area (TPSA) is 93.0 Å². The predicted molar refractivity (Wildman–Crippen MR) is 121 cm³/mol. The molecular formula is C23H33N5O4. The van der Waals surface area contributed by atoms with Crippen molar-refractivity contribution >= 4 is 11.9 Å². The van der Waals surface area contributed by atoms with Gasteiger partial charge in [0.1, 0.15) is 0 Å². The highest BCUT2D eigenvalue weighted by atomic mass is 16.5. The Morgan fingerprint density at radius 2 is 1.97 bits per heavy atom. The molecule has 2 aliphatic rings. The average Bonchev–Trinajstić information content (AvgIpc) is 3.52. The van der Waals surface area contributed by atoms with E-state index in [0.717, 1.165) is 57.7 Å². The van der Waals surface area contributed by atoms with Crippen LogP contribution in [0, 0.1) is 5.92 Å². The van der Waals surface area contributed by atoms with Gasteiger partial charge < -0.3 is 29.1 Å². The summed E-state index contributed by atoms with van der Waals surface area (Å²) in [6.07, 6.45) is 4.11. The summed E-state index contributed by atoms with van der Waals surface area (Å²) in [5.74, 6) is 2.03. The van der Waals surface area contributed by atoms with Crippen molar-refractivity contribution in [1.82, 2.24) is 20.4 Å². The highest BCUT2D eigenvalue weighted by molar-refractivity contribution is 5.78. The molecule has 1 aromatic carbocycles. The average molecular weight is 444 g/mol. The summed E-state index contributed by atoms with van der Waals surface area (Å²) in [6.45, 7) is 7.93. The maximum absolute atomic E-state index is 12.5. The van der Waals surface area contributed by atoms with Crippen molar-refractivity contribution in [1.29, 1.82) is 0 Å². The highest BCUT2D eigenvalue weighted by Crippen LogP contribution is 2.32. The van der Waals surface area contributed by atoms with Crippen molar-refractivity contribution in [2.24, 2.45) is 5.92 Å². The van der Waals surface area contributed by atoms with Crippen LogP contribution in [0.1, 0.15) is 32.6 Å². The van der Waals surface area contributed by atoms with E-state index in [1.54, 1.807) is 7.11 Å². The van der Waals surface area contributed by atoms with Gasteiger partial charge in [0.25, 0.3) is 0 Å². The molecule has 4 rings (SSSR count). The van der Waals surface area contributed by atoms with Gasteiger partial charge in [-0.25, -0.2) is 0 Å². The number of hydrogen-bond acceptors (Lipinski definition) is 8. The highest BCUT2D eigenvalue weighted by Gasteiger charge is 2.27. The molecule has 0 unspecified atom stereocenters. The van der Waals surface area contributed by atoms with Gasteiger partial charge in [-0.1, -0.05) is 5.16 Å². The lowest BCUT2D eigenvalue weighted by Crippen LogP contribution is -2.42. The molecule has 0 radical (unpaired) electrons. The fourth-order valence-electron chi connectivity index (χ4n) is 4.36. The predicted octanol–water partition coefficient (Wildman–Crippen LogP) is 2.57. The van der Waals surface area contributed by atoms with Crippen LogP contribution in [0.2, 0.25) is 0 Å². The van der Waals surface area contributed by atoms with Gasteiger partial charge in [0.05, 0.1) is 13.7 Å². The van der Waals surface area contributed by atoms with Crippen molar-refractivity contribution in [2.75, 3.05) is 57.9 Å². The smallest absolute Gasteiger partial charge is 0.324 e. The van der Waals surface area contributed by atoms with Gasteiger partial charge in [-0.2, -0.15) is 4.98 Å². The SMILES string of the molecule is CCOc1ccc(-c2noc(N3CCC(C(=O)NCCN4CCCC4)CC3)n2)cc1OC. The van der Waals surface area contributed by atoms with Gasteiger partial charge in [0, 0.05) is 37.7 Å². The second kappa shape index (κ2) is 10.7. The number of nitrogens with zero attached hydrogens (tertiary/aromatic N) is 4. The molecule has 9 heteroatoms. The molecule has 1 aromatic heterocycles. The minimum absolute atomic E-state index is 0.0441. The Morgan fingerprint density at radius 1 is 1.19 bits per heavy atom. The molecule has 2 aromatic rings. The van der Waals surface area contributed by atoms with E-state index in [2.05, 4.69) is 25.3 Å². The molecule has 2 fully saturated rings. The van der Waals surface area contributed by atoms with Crippen molar-refractivity contribution in [3.8, 4) is 22.9 Å². The van der Waals surface area contributed by atoms with Crippen LogP contribution < -0.4 is 19.7 Å². The number of carbonyl (C=O) groups excluding carboxylic acids is 1. The molecule has 2 saturated heterocycles. The Hall–Kier alpha value is -2.81. The van der Waals surface area contributed by atoms with Crippen molar-refractivity contribution in [2.45, 2.75) is 32.6 Å². The van der Waals surface area contributed by atoms with Crippen LogP contribution in [-0.4, -0.2) is 73.9 Å². The van der Waals surface area contributed by atoms with Gasteiger partial charge in [-0.05, 0) is 63.9 Å². The third-order valence-corrected chi connectivity index (χ3v) is 6.20. The Kier molecular flexibility index (Phi) is 7.47. The number of aromatic nitrogens is 2. The van der Waals surface area contributed by atoms with E-state index in [0.29, 0.717) is 29.9 Å². The number of hydrogen-bond donors (Lipinski definition) is 1. The first kappa shape index (κ1) is 22.4. The molecule has 0 bridgehead atoms. The Morgan fingerprint density at radius 3 is 2.69 bits per heavy atom. The van der Waals surface area contributed by atoms with Crippen LogP contribution in [-0.2, 0) is 4.79 Å². The summed E-state index contributed by atoms with van der Waals surface area (Å²) in [5.41, 5.74) is 0.799. The molecule has 174 valence electrons. The fraction of sp³-hybridized carbons (Fsp3) is 0.609. The van der Waals surface area contributed by atoms with Gasteiger partial charge in [-0.3, -0.25) is 4.79 Å². The molecule has 1 N–H and O–H groups in total. The van der Waals surface area contributed by atoms with E-state index in [4.69, 9.17) is 14.0 Å². The molecule has 32 heavy (non-hydrogen) atoms. The van der Waals surface area contributed by atoms with Gasteiger partial charge in [-0.15, -0.1) is 0 Å². The van der Waals surface area contributed by atoms with Crippen LogP contribution in [0.3, 0.4) is 0 Å². The summed E-state index contributed by atoms with van der Waals surface area (Å²) in [7, 11) is 1.61. The van der Waals surface area contributed by atoms with Gasteiger partial charge in [0.15, 0.2) is 11.5 Å². The van der Waals surface area contributed by atoms with E-state index >= 15 is 0 Å². The number of methoxy groups -OCH3 is 1. The zero-order chi connectivity index (χ0) is 22.3. The number of anilines is 1. The van der Waals surface area contributed by atoms with Crippen LogP contribution in [0.5, 0.6) is 11.5 Å². The van der Waals surface area contributed by atoms with Gasteiger partial charge in [0.2, 0.25) is 11.7 Å². The number of benzene rings is 1. The number of piperidine rings is 1. The summed E-state index contributed by atoms with van der Waals surface area (Å²) >= 11 is 0. The van der Waals surface area contributed by atoms with Crippen LogP contribution in [0.15, 0.2) is 22.7 Å².